The zero-order valence-corrected chi connectivity index (χ0v) is 12.9. The average molecular weight is 311 g/mol. The fourth-order valence-corrected chi connectivity index (χ4v) is 4.33. The molecule has 1 heterocycles. The highest BCUT2D eigenvalue weighted by atomic mass is 32.2. The first-order valence-electron chi connectivity index (χ1n) is 6.52. The molecule has 7 heteroatoms. The molecule has 0 saturated carbocycles. The molecule has 1 aliphatic heterocycles. The molecule has 6 nitrogen and oxygen atoms in total. The molecule has 2 rings (SSSR count). The summed E-state index contributed by atoms with van der Waals surface area (Å²) in [5.41, 5.74) is 0.168. The number of ketones is 1. The zero-order chi connectivity index (χ0) is 15.8. The molecule has 0 N–H and O–H groups in total. The quantitative estimate of drug-likeness (QED) is 0.780. The SMILES string of the molecule is COC(=O)[C@H](C(C)C)N1CC(=O)c2ccccc2S1(=O)=O. The molecule has 0 radical (unpaired) electrons. The van der Waals surface area contributed by atoms with Crippen molar-refractivity contribution in [3.63, 3.8) is 0 Å². The summed E-state index contributed by atoms with van der Waals surface area (Å²) in [5, 5.41) is 0. The first-order chi connectivity index (χ1) is 9.80. The number of nitrogens with zero attached hydrogens (tertiary/aromatic N) is 1. The highest BCUT2D eigenvalue weighted by Crippen LogP contribution is 2.30. The molecule has 0 amide bonds. The van der Waals surface area contributed by atoms with Gasteiger partial charge in [-0.2, -0.15) is 4.31 Å². The maximum atomic E-state index is 12.7. The monoisotopic (exact) mass is 311 g/mol. The molecule has 0 bridgehead atoms. The van der Waals surface area contributed by atoms with Crippen molar-refractivity contribution < 1.29 is 22.7 Å². The van der Waals surface area contributed by atoms with Crippen molar-refractivity contribution >= 4 is 21.8 Å². The number of rotatable bonds is 3. The highest BCUT2D eigenvalue weighted by molar-refractivity contribution is 7.89. The molecule has 21 heavy (non-hydrogen) atoms. The van der Waals surface area contributed by atoms with Crippen molar-refractivity contribution in [1.29, 1.82) is 0 Å². The summed E-state index contributed by atoms with van der Waals surface area (Å²) in [5.74, 6) is -1.30. The molecule has 1 atom stereocenters. The van der Waals surface area contributed by atoms with Gasteiger partial charge in [0.1, 0.15) is 6.04 Å². The highest BCUT2D eigenvalue weighted by Gasteiger charge is 2.44. The first kappa shape index (κ1) is 15.7. The van der Waals surface area contributed by atoms with E-state index in [0.717, 1.165) is 4.31 Å². The third kappa shape index (κ3) is 2.58. The maximum Gasteiger partial charge on any atom is 0.324 e. The van der Waals surface area contributed by atoms with Crippen LogP contribution in [0.4, 0.5) is 0 Å². The van der Waals surface area contributed by atoms with Gasteiger partial charge in [-0.25, -0.2) is 8.42 Å². The number of esters is 1. The van der Waals surface area contributed by atoms with E-state index in [4.69, 9.17) is 0 Å². The number of methoxy groups -OCH3 is 1. The van der Waals surface area contributed by atoms with Crippen LogP contribution in [-0.2, 0) is 19.6 Å². The Labute approximate surface area is 123 Å². The molecule has 0 saturated heterocycles. The number of sulfonamides is 1. The minimum Gasteiger partial charge on any atom is -0.468 e. The molecule has 0 fully saturated rings. The number of carbonyl (C=O) groups is 2. The normalized spacial score (nSPS) is 19.1. The molecule has 114 valence electrons. The third-order valence-corrected chi connectivity index (χ3v) is 5.34. The number of hydrogen-bond donors (Lipinski definition) is 0. The number of ether oxygens (including phenoxy) is 1. The third-order valence-electron chi connectivity index (χ3n) is 3.46. The Morgan fingerprint density at radius 1 is 1.29 bits per heavy atom. The molecule has 1 aliphatic rings. The Morgan fingerprint density at radius 3 is 2.48 bits per heavy atom. The van der Waals surface area contributed by atoms with Crippen LogP contribution in [0.25, 0.3) is 0 Å². The van der Waals surface area contributed by atoms with Gasteiger partial charge in [0.2, 0.25) is 10.0 Å². The summed E-state index contributed by atoms with van der Waals surface area (Å²) in [7, 11) is -2.70. The van der Waals surface area contributed by atoms with Crippen molar-refractivity contribution in [3.05, 3.63) is 29.8 Å². The Hall–Kier alpha value is -1.73. The second-order valence-electron chi connectivity index (χ2n) is 5.18. The van der Waals surface area contributed by atoms with Crippen LogP contribution in [0.2, 0.25) is 0 Å². The number of Topliss-reactive ketones (excluding diaryl/α,β-unsaturated/α-hetero) is 1. The summed E-state index contributed by atoms with van der Waals surface area (Å²) in [4.78, 5) is 24.0. The van der Waals surface area contributed by atoms with Crippen molar-refractivity contribution in [2.45, 2.75) is 24.8 Å². The largest absolute Gasteiger partial charge is 0.468 e. The Morgan fingerprint density at radius 2 is 1.90 bits per heavy atom. The van der Waals surface area contributed by atoms with E-state index in [0.29, 0.717) is 0 Å². The molecule has 0 spiro atoms. The predicted octanol–water partition coefficient (Wildman–Crippen LogP) is 1.07. The summed E-state index contributed by atoms with van der Waals surface area (Å²) >= 11 is 0. The Balaban J connectivity index is 2.57. The summed E-state index contributed by atoms with van der Waals surface area (Å²) in [6.45, 7) is 3.07. The Kier molecular flexibility index (Phi) is 4.15. The van der Waals surface area contributed by atoms with Crippen LogP contribution in [-0.4, -0.2) is 44.2 Å². The summed E-state index contributed by atoms with van der Waals surface area (Å²) in [6, 6.07) is 5.01. The molecular formula is C14H17NO5S. The van der Waals surface area contributed by atoms with E-state index in [1.165, 1.54) is 19.2 Å². The predicted molar refractivity (Wildman–Crippen MR) is 75.3 cm³/mol. The van der Waals surface area contributed by atoms with Crippen molar-refractivity contribution in [1.82, 2.24) is 4.31 Å². The van der Waals surface area contributed by atoms with E-state index < -0.39 is 22.0 Å². The lowest BCUT2D eigenvalue weighted by Gasteiger charge is -2.34. The second-order valence-corrected chi connectivity index (χ2v) is 7.04. The van der Waals surface area contributed by atoms with Gasteiger partial charge in [-0.3, -0.25) is 9.59 Å². The standard InChI is InChI=1S/C14H17NO5S/c1-9(2)13(14(17)20-3)15-8-11(16)10-6-4-5-7-12(10)21(15,18)19/h4-7,9,13H,8H2,1-3H3/t13-/m0/s1. The van der Waals surface area contributed by atoms with Crippen molar-refractivity contribution in [2.75, 3.05) is 13.7 Å². The molecule has 0 aromatic heterocycles. The molecule has 1 aromatic carbocycles. The van der Waals surface area contributed by atoms with Gasteiger partial charge in [0.05, 0.1) is 18.6 Å². The molecular weight excluding hydrogens is 294 g/mol. The van der Waals surface area contributed by atoms with Gasteiger partial charge in [0.25, 0.3) is 0 Å². The van der Waals surface area contributed by atoms with Gasteiger partial charge in [0.15, 0.2) is 5.78 Å². The van der Waals surface area contributed by atoms with Crippen LogP contribution in [0.5, 0.6) is 0 Å². The summed E-state index contributed by atoms with van der Waals surface area (Å²) in [6.07, 6.45) is 0. The van der Waals surface area contributed by atoms with Crippen LogP contribution >= 0.6 is 0 Å². The van der Waals surface area contributed by atoms with Crippen molar-refractivity contribution in [2.24, 2.45) is 5.92 Å². The minimum absolute atomic E-state index is 0.0594. The van der Waals surface area contributed by atoms with Crippen molar-refractivity contribution in [3.8, 4) is 0 Å². The maximum absolute atomic E-state index is 12.7. The number of hydrogen-bond acceptors (Lipinski definition) is 5. The van der Waals surface area contributed by atoms with Crippen LogP contribution in [0.3, 0.4) is 0 Å². The van der Waals surface area contributed by atoms with Crippen LogP contribution in [0, 0.1) is 5.92 Å². The smallest absolute Gasteiger partial charge is 0.324 e. The van der Waals surface area contributed by atoms with Crippen LogP contribution in [0.1, 0.15) is 24.2 Å². The minimum atomic E-state index is -3.90. The van der Waals surface area contributed by atoms with Crippen LogP contribution in [0.15, 0.2) is 29.2 Å². The topological polar surface area (TPSA) is 80.8 Å². The van der Waals surface area contributed by atoms with Gasteiger partial charge in [0, 0.05) is 5.56 Å². The molecule has 0 unspecified atom stereocenters. The molecule has 1 aromatic rings. The van der Waals surface area contributed by atoms with Gasteiger partial charge in [-0.15, -0.1) is 0 Å². The lowest BCUT2D eigenvalue weighted by molar-refractivity contribution is -0.146. The number of carbonyl (C=O) groups excluding carboxylic acids is 2. The van der Waals surface area contributed by atoms with E-state index in [1.807, 2.05) is 0 Å². The fraction of sp³-hybridized carbons (Fsp3) is 0.429. The lowest BCUT2D eigenvalue weighted by Crippen LogP contribution is -2.52. The lowest BCUT2D eigenvalue weighted by atomic mass is 10.0. The van der Waals surface area contributed by atoms with Gasteiger partial charge >= 0.3 is 5.97 Å². The first-order valence-corrected chi connectivity index (χ1v) is 7.96. The van der Waals surface area contributed by atoms with Gasteiger partial charge in [-0.05, 0) is 18.1 Å². The fourth-order valence-electron chi connectivity index (χ4n) is 2.45. The number of benzene rings is 1. The average Bonchev–Trinajstić information content (AvgIpc) is 2.44. The van der Waals surface area contributed by atoms with E-state index in [2.05, 4.69) is 4.74 Å². The Bertz CT molecular complexity index is 680. The number of fused-ring (bicyclic) bond motifs is 1. The molecule has 0 aliphatic carbocycles. The van der Waals surface area contributed by atoms with E-state index in [-0.39, 0.29) is 28.7 Å². The van der Waals surface area contributed by atoms with E-state index in [9.17, 15) is 18.0 Å². The van der Waals surface area contributed by atoms with Gasteiger partial charge < -0.3 is 4.74 Å². The van der Waals surface area contributed by atoms with E-state index >= 15 is 0 Å². The zero-order valence-electron chi connectivity index (χ0n) is 12.1. The second kappa shape index (κ2) is 5.57. The van der Waals surface area contributed by atoms with Crippen LogP contribution < -0.4 is 0 Å². The summed E-state index contributed by atoms with van der Waals surface area (Å²) < 4.78 is 31.0. The van der Waals surface area contributed by atoms with E-state index in [1.54, 1.807) is 26.0 Å². The van der Waals surface area contributed by atoms with Gasteiger partial charge in [-0.1, -0.05) is 26.0 Å².